The van der Waals surface area contributed by atoms with E-state index < -0.39 is 11.7 Å². The van der Waals surface area contributed by atoms with E-state index in [0.717, 1.165) is 21.5 Å². The molecule has 2 aromatic rings. The van der Waals surface area contributed by atoms with Gasteiger partial charge in [0.1, 0.15) is 0 Å². The van der Waals surface area contributed by atoms with Gasteiger partial charge in [-0.05, 0) is 31.4 Å². The predicted molar refractivity (Wildman–Crippen MR) is 91.7 cm³/mol. The molecule has 1 N–H and O–H groups in total. The fourth-order valence-corrected chi connectivity index (χ4v) is 4.03. The summed E-state index contributed by atoms with van der Waals surface area (Å²) >= 11 is 1.63. The Hall–Kier alpha value is -1.44. The number of hydrogen-bond donors (Lipinski definition) is 1. The molecule has 0 bridgehead atoms. The zero-order valence-electron chi connectivity index (χ0n) is 14.0. The molecule has 1 aromatic carbocycles. The van der Waals surface area contributed by atoms with Gasteiger partial charge in [0, 0.05) is 42.8 Å². The number of aromatic nitrogens is 1. The van der Waals surface area contributed by atoms with E-state index in [1.54, 1.807) is 17.4 Å². The van der Waals surface area contributed by atoms with E-state index in [-0.39, 0.29) is 5.41 Å². The van der Waals surface area contributed by atoms with Crippen LogP contribution < -0.4 is 5.32 Å². The highest BCUT2D eigenvalue weighted by atomic mass is 32.1. The van der Waals surface area contributed by atoms with Crippen molar-refractivity contribution >= 4 is 11.3 Å². The molecule has 0 aliphatic carbocycles. The first-order valence-corrected chi connectivity index (χ1v) is 9.08. The maximum Gasteiger partial charge on any atom is 0.416 e. The van der Waals surface area contributed by atoms with Crippen molar-refractivity contribution in [2.24, 2.45) is 0 Å². The van der Waals surface area contributed by atoms with Crippen LogP contribution in [0.4, 0.5) is 13.2 Å². The number of thiazole rings is 1. The number of nitrogens with zero attached hydrogens (tertiary/aromatic N) is 1. The van der Waals surface area contributed by atoms with Crippen LogP contribution in [0.25, 0.3) is 0 Å². The van der Waals surface area contributed by atoms with E-state index in [9.17, 15) is 13.2 Å². The van der Waals surface area contributed by atoms with Gasteiger partial charge in [-0.15, -0.1) is 11.3 Å². The van der Waals surface area contributed by atoms with Crippen LogP contribution in [0.15, 0.2) is 30.5 Å². The molecule has 25 heavy (non-hydrogen) atoms. The Balaban J connectivity index is 1.78. The van der Waals surface area contributed by atoms with Crippen LogP contribution >= 0.6 is 11.3 Å². The standard InChI is InChI=1S/C18H21F3N2OS/c1-13-23-11-16(25-13)10-22-12-17(5-7-24-8-6-17)14-3-2-4-15(9-14)18(19,20)21/h2-4,9,11,22H,5-8,10,12H2,1H3. The molecule has 1 saturated heterocycles. The van der Waals surface area contributed by atoms with E-state index in [2.05, 4.69) is 10.3 Å². The second kappa shape index (κ2) is 7.43. The molecule has 1 aliphatic rings. The second-order valence-electron chi connectivity index (χ2n) is 6.42. The summed E-state index contributed by atoms with van der Waals surface area (Å²) in [5.74, 6) is 0. The van der Waals surface area contributed by atoms with E-state index in [0.29, 0.717) is 39.1 Å². The fraction of sp³-hybridized carbons (Fsp3) is 0.500. The Morgan fingerprint density at radius 1 is 1.28 bits per heavy atom. The van der Waals surface area contributed by atoms with Gasteiger partial charge < -0.3 is 10.1 Å². The third kappa shape index (κ3) is 4.40. The number of benzene rings is 1. The minimum Gasteiger partial charge on any atom is -0.381 e. The summed E-state index contributed by atoms with van der Waals surface area (Å²) in [5.41, 5.74) is -0.188. The van der Waals surface area contributed by atoms with Crippen molar-refractivity contribution in [3.63, 3.8) is 0 Å². The monoisotopic (exact) mass is 370 g/mol. The van der Waals surface area contributed by atoms with Gasteiger partial charge in [-0.25, -0.2) is 4.98 Å². The molecule has 7 heteroatoms. The maximum atomic E-state index is 13.1. The number of ether oxygens (including phenoxy) is 1. The van der Waals surface area contributed by atoms with E-state index in [1.807, 2.05) is 13.1 Å². The lowest BCUT2D eigenvalue weighted by molar-refractivity contribution is -0.137. The molecule has 3 nitrogen and oxygen atoms in total. The highest BCUT2D eigenvalue weighted by Crippen LogP contribution is 2.37. The number of rotatable bonds is 5. The van der Waals surface area contributed by atoms with Gasteiger partial charge in [-0.2, -0.15) is 13.2 Å². The number of hydrogen-bond acceptors (Lipinski definition) is 4. The highest BCUT2D eigenvalue weighted by molar-refractivity contribution is 7.11. The summed E-state index contributed by atoms with van der Waals surface area (Å²) in [7, 11) is 0. The Bertz CT molecular complexity index is 708. The smallest absolute Gasteiger partial charge is 0.381 e. The average Bonchev–Trinajstić information content (AvgIpc) is 3.00. The van der Waals surface area contributed by atoms with Crippen molar-refractivity contribution in [3.05, 3.63) is 51.5 Å². The maximum absolute atomic E-state index is 13.1. The normalized spacial score (nSPS) is 17.6. The van der Waals surface area contributed by atoms with Gasteiger partial charge >= 0.3 is 6.18 Å². The third-order valence-electron chi connectivity index (χ3n) is 4.68. The summed E-state index contributed by atoms with van der Waals surface area (Å²) < 4.78 is 44.7. The molecule has 0 unspecified atom stereocenters. The third-order valence-corrected chi connectivity index (χ3v) is 5.60. The van der Waals surface area contributed by atoms with E-state index in [4.69, 9.17) is 4.74 Å². The SMILES string of the molecule is Cc1ncc(CNCC2(c3cccc(C(F)(F)F)c3)CCOCC2)s1. The van der Waals surface area contributed by atoms with Crippen LogP contribution in [-0.4, -0.2) is 24.7 Å². The lowest BCUT2D eigenvalue weighted by atomic mass is 9.73. The summed E-state index contributed by atoms with van der Waals surface area (Å²) in [5, 5.41) is 4.43. The fourth-order valence-electron chi connectivity index (χ4n) is 3.27. The van der Waals surface area contributed by atoms with Crippen molar-refractivity contribution in [3.8, 4) is 0 Å². The molecule has 1 aromatic heterocycles. The molecule has 136 valence electrons. The van der Waals surface area contributed by atoms with E-state index in [1.165, 1.54) is 12.1 Å². The van der Waals surface area contributed by atoms with Crippen LogP contribution in [0, 0.1) is 6.92 Å². The Morgan fingerprint density at radius 2 is 2.04 bits per heavy atom. The number of alkyl halides is 3. The predicted octanol–water partition coefficient (Wildman–Crippen LogP) is 4.31. The molecule has 0 spiro atoms. The first kappa shape index (κ1) is 18.4. The lowest BCUT2D eigenvalue weighted by Crippen LogP contribution is -2.42. The summed E-state index contributed by atoms with van der Waals surface area (Å²) in [4.78, 5) is 5.36. The second-order valence-corrected chi connectivity index (χ2v) is 7.74. The van der Waals surface area contributed by atoms with Gasteiger partial charge in [-0.1, -0.05) is 18.2 Å². The molecule has 1 fully saturated rings. The van der Waals surface area contributed by atoms with Crippen LogP contribution in [0.5, 0.6) is 0 Å². The van der Waals surface area contributed by atoms with Crippen LogP contribution in [-0.2, 0) is 22.9 Å². The summed E-state index contributed by atoms with van der Waals surface area (Å²) in [6.07, 6.45) is -1.06. The first-order valence-electron chi connectivity index (χ1n) is 8.27. The van der Waals surface area contributed by atoms with Crippen LogP contribution in [0.2, 0.25) is 0 Å². The summed E-state index contributed by atoms with van der Waals surface area (Å²) in [6, 6.07) is 5.73. The lowest BCUT2D eigenvalue weighted by Gasteiger charge is -2.38. The summed E-state index contributed by atoms with van der Waals surface area (Å²) in [6.45, 7) is 4.38. The number of aryl methyl sites for hydroxylation is 1. The largest absolute Gasteiger partial charge is 0.416 e. The Morgan fingerprint density at radius 3 is 2.68 bits per heavy atom. The number of nitrogens with one attached hydrogen (secondary N) is 1. The first-order chi connectivity index (χ1) is 11.9. The molecule has 3 rings (SSSR count). The van der Waals surface area contributed by atoms with Crippen molar-refractivity contribution in [2.75, 3.05) is 19.8 Å². The van der Waals surface area contributed by atoms with Crippen molar-refractivity contribution in [1.82, 2.24) is 10.3 Å². The number of halogens is 3. The zero-order valence-corrected chi connectivity index (χ0v) is 14.8. The van der Waals surface area contributed by atoms with Gasteiger partial charge in [0.05, 0.1) is 10.6 Å². The molecule has 0 amide bonds. The van der Waals surface area contributed by atoms with E-state index >= 15 is 0 Å². The molecule has 0 atom stereocenters. The van der Waals surface area contributed by atoms with Gasteiger partial charge in [0.25, 0.3) is 0 Å². The van der Waals surface area contributed by atoms with Crippen molar-refractivity contribution in [1.29, 1.82) is 0 Å². The topological polar surface area (TPSA) is 34.2 Å². The molecule has 0 radical (unpaired) electrons. The quantitative estimate of drug-likeness (QED) is 0.852. The van der Waals surface area contributed by atoms with Gasteiger partial charge in [0.2, 0.25) is 0 Å². The molecule has 1 aliphatic heterocycles. The zero-order chi connectivity index (χ0) is 17.9. The van der Waals surface area contributed by atoms with Gasteiger partial charge in [-0.3, -0.25) is 0 Å². The Kier molecular flexibility index (Phi) is 5.46. The Labute approximate surface area is 149 Å². The molecule has 0 saturated carbocycles. The average molecular weight is 370 g/mol. The van der Waals surface area contributed by atoms with Crippen LogP contribution in [0.1, 0.15) is 33.9 Å². The molecular formula is C18H21F3N2OS. The highest BCUT2D eigenvalue weighted by Gasteiger charge is 2.37. The van der Waals surface area contributed by atoms with Gasteiger partial charge in [0.15, 0.2) is 0 Å². The minimum absolute atomic E-state index is 0.334. The van der Waals surface area contributed by atoms with Crippen molar-refractivity contribution in [2.45, 2.75) is 37.9 Å². The molecular weight excluding hydrogens is 349 g/mol. The molecule has 2 heterocycles. The van der Waals surface area contributed by atoms with Crippen LogP contribution in [0.3, 0.4) is 0 Å². The minimum atomic E-state index is -4.32. The van der Waals surface area contributed by atoms with Crippen molar-refractivity contribution < 1.29 is 17.9 Å².